The van der Waals surface area contributed by atoms with Gasteiger partial charge in [0.25, 0.3) is 5.56 Å². The molecule has 3 heterocycles. The summed E-state index contributed by atoms with van der Waals surface area (Å²) >= 11 is 8.96. The lowest BCUT2D eigenvalue weighted by Gasteiger charge is -2.12. The molecule has 0 unspecified atom stereocenters. The summed E-state index contributed by atoms with van der Waals surface area (Å²) in [5.74, 6) is 0.656. The smallest absolute Gasteiger partial charge is 0.268 e. The molecule has 176 valence electrons. The number of carbonyl (C=O) groups excluding carboxylic acids is 1. The summed E-state index contributed by atoms with van der Waals surface area (Å²) in [6.07, 6.45) is 4.11. The summed E-state index contributed by atoms with van der Waals surface area (Å²) < 4.78 is 3.62. The Balaban J connectivity index is 1.52. The summed E-state index contributed by atoms with van der Waals surface area (Å²) in [6.45, 7) is 2.00. The maximum atomic E-state index is 13.9. The van der Waals surface area contributed by atoms with Gasteiger partial charge in [-0.05, 0) is 80.1 Å². The van der Waals surface area contributed by atoms with E-state index in [1.165, 1.54) is 16.6 Å². The van der Waals surface area contributed by atoms with Crippen molar-refractivity contribution in [2.45, 2.75) is 37.8 Å². The predicted octanol–water partition coefficient (Wildman–Crippen LogP) is 5.91. The number of ketones is 1. The lowest BCUT2D eigenvalue weighted by molar-refractivity contribution is 0.102. The molecule has 0 fully saturated rings. The van der Waals surface area contributed by atoms with E-state index in [0.717, 1.165) is 52.7 Å². The first-order valence-electron chi connectivity index (χ1n) is 11.4. The number of rotatable bonds is 5. The number of aromatic nitrogens is 4. The maximum Gasteiger partial charge on any atom is 0.268 e. The van der Waals surface area contributed by atoms with Crippen molar-refractivity contribution in [3.8, 4) is 5.69 Å². The zero-order chi connectivity index (χ0) is 24.1. The van der Waals surface area contributed by atoms with Crippen molar-refractivity contribution in [2.24, 2.45) is 0 Å². The SMILES string of the molecule is Cc1cccc(-n2c(=O)c3c4c(sc3n3c(SCC(=O)c5ccc(Cl)cc5)nnc23)CCCC4)c1. The first-order chi connectivity index (χ1) is 17.0. The number of benzene rings is 2. The Morgan fingerprint density at radius 1 is 1.11 bits per heavy atom. The van der Waals surface area contributed by atoms with Gasteiger partial charge in [-0.25, -0.2) is 8.97 Å². The summed E-state index contributed by atoms with van der Waals surface area (Å²) in [6, 6.07) is 14.7. The number of halogens is 1. The van der Waals surface area contributed by atoms with E-state index in [-0.39, 0.29) is 17.1 Å². The zero-order valence-electron chi connectivity index (χ0n) is 19.0. The molecule has 2 aromatic carbocycles. The third kappa shape index (κ3) is 3.90. The van der Waals surface area contributed by atoms with E-state index in [1.54, 1.807) is 40.2 Å². The van der Waals surface area contributed by atoms with Crippen molar-refractivity contribution in [3.05, 3.63) is 85.5 Å². The van der Waals surface area contributed by atoms with Crippen molar-refractivity contribution in [1.29, 1.82) is 0 Å². The van der Waals surface area contributed by atoms with E-state index in [2.05, 4.69) is 10.2 Å². The fourth-order valence-electron chi connectivity index (χ4n) is 4.66. The molecule has 0 atom stereocenters. The fourth-order valence-corrected chi connectivity index (χ4v) is 7.05. The van der Waals surface area contributed by atoms with Crippen molar-refractivity contribution >= 4 is 56.5 Å². The molecule has 0 radical (unpaired) electrons. The molecule has 9 heteroatoms. The minimum atomic E-state index is -0.0568. The van der Waals surface area contributed by atoms with Crippen molar-refractivity contribution in [3.63, 3.8) is 0 Å². The van der Waals surface area contributed by atoms with Crippen LogP contribution in [0.15, 0.2) is 58.5 Å². The Kier molecular flexibility index (Phi) is 5.75. The molecule has 6 rings (SSSR count). The molecular weight excluding hydrogens is 500 g/mol. The molecule has 3 aromatic heterocycles. The lowest BCUT2D eigenvalue weighted by atomic mass is 9.97. The Morgan fingerprint density at radius 2 is 1.91 bits per heavy atom. The summed E-state index contributed by atoms with van der Waals surface area (Å²) in [4.78, 5) is 28.8. The van der Waals surface area contributed by atoms with Crippen LogP contribution in [-0.2, 0) is 12.8 Å². The van der Waals surface area contributed by atoms with Crippen LogP contribution in [0.2, 0.25) is 5.02 Å². The van der Waals surface area contributed by atoms with Gasteiger partial charge < -0.3 is 0 Å². The van der Waals surface area contributed by atoms with E-state index < -0.39 is 0 Å². The van der Waals surface area contributed by atoms with Gasteiger partial charge in [-0.2, -0.15) is 0 Å². The van der Waals surface area contributed by atoms with E-state index in [4.69, 9.17) is 11.6 Å². The Hall–Kier alpha value is -2.94. The van der Waals surface area contributed by atoms with Gasteiger partial charge in [-0.15, -0.1) is 21.5 Å². The van der Waals surface area contributed by atoms with Gasteiger partial charge in [0.1, 0.15) is 4.83 Å². The highest BCUT2D eigenvalue weighted by Gasteiger charge is 2.26. The lowest BCUT2D eigenvalue weighted by Crippen LogP contribution is -2.22. The molecule has 1 aliphatic carbocycles. The number of thiophene rings is 1. The van der Waals surface area contributed by atoms with Crippen molar-refractivity contribution < 1.29 is 4.79 Å². The van der Waals surface area contributed by atoms with Crippen molar-refractivity contribution in [1.82, 2.24) is 19.2 Å². The molecule has 0 amide bonds. The maximum absolute atomic E-state index is 13.9. The van der Waals surface area contributed by atoms with Crippen LogP contribution >= 0.6 is 34.7 Å². The molecule has 0 bridgehead atoms. The highest BCUT2D eigenvalue weighted by Crippen LogP contribution is 2.36. The number of fused-ring (bicyclic) bond motifs is 5. The monoisotopic (exact) mass is 520 g/mol. The third-order valence-electron chi connectivity index (χ3n) is 6.35. The number of hydrogen-bond acceptors (Lipinski definition) is 6. The zero-order valence-corrected chi connectivity index (χ0v) is 21.3. The molecule has 35 heavy (non-hydrogen) atoms. The number of aryl methyl sites for hydroxylation is 3. The number of carbonyl (C=O) groups is 1. The van der Waals surface area contributed by atoms with Crippen LogP contribution in [0.4, 0.5) is 0 Å². The fraction of sp³-hybridized carbons (Fsp3) is 0.231. The third-order valence-corrected chi connectivity index (χ3v) is 8.81. The Bertz CT molecular complexity index is 1670. The number of thioether (sulfide) groups is 1. The largest absolute Gasteiger partial charge is 0.293 e. The summed E-state index contributed by atoms with van der Waals surface area (Å²) in [7, 11) is 0. The molecule has 1 aliphatic rings. The van der Waals surface area contributed by atoms with Crippen LogP contribution < -0.4 is 5.56 Å². The first kappa shape index (κ1) is 22.5. The first-order valence-corrected chi connectivity index (χ1v) is 13.6. The Morgan fingerprint density at radius 3 is 2.71 bits per heavy atom. The van der Waals surface area contributed by atoms with Gasteiger partial charge in [0, 0.05) is 15.5 Å². The van der Waals surface area contributed by atoms with Crippen LogP contribution in [0.1, 0.15) is 39.2 Å². The predicted molar refractivity (Wildman–Crippen MR) is 142 cm³/mol. The molecule has 0 saturated carbocycles. The second-order valence-electron chi connectivity index (χ2n) is 8.71. The average molecular weight is 521 g/mol. The standard InChI is InChI=1S/C26H21ClN4O2S2/c1-15-5-4-6-18(13-15)30-23(33)22-19-7-2-3-8-21(19)35-24(22)31-25(30)28-29-26(31)34-14-20(32)16-9-11-17(27)12-10-16/h4-6,9-13H,2-3,7-8,14H2,1H3. The van der Waals surface area contributed by atoms with Crippen molar-refractivity contribution in [2.75, 3.05) is 5.75 Å². The quantitative estimate of drug-likeness (QED) is 0.213. The molecule has 0 saturated heterocycles. The van der Waals surface area contributed by atoms with Gasteiger partial charge >= 0.3 is 0 Å². The van der Waals surface area contributed by atoms with E-state index >= 15 is 0 Å². The molecule has 6 nitrogen and oxygen atoms in total. The van der Waals surface area contributed by atoms with Gasteiger partial charge in [0.2, 0.25) is 5.78 Å². The number of Topliss-reactive ketones (excluding diaryl/α,β-unsaturated/α-hetero) is 1. The highest BCUT2D eigenvalue weighted by atomic mass is 35.5. The molecule has 0 N–H and O–H groups in total. The normalized spacial score (nSPS) is 13.4. The topological polar surface area (TPSA) is 69.3 Å². The molecular formula is C26H21ClN4O2S2. The van der Waals surface area contributed by atoms with Crippen LogP contribution in [-0.4, -0.2) is 30.7 Å². The number of hydrogen-bond donors (Lipinski definition) is 0. The highest BCUT2D eigenvalue weighted by molar-refractivity contribution is 7.99. The second kappa shape index (κ2) is 8.93. The number of nitrogens with zero attached hydrogens (tertiary/aromatic N) is 4. The molecule has 0 spiro atoms. The Labute approximate surface area is 214 Å². The summed E-state index contributed by atoms with van der Waals surface area (Å²) in [5, 5.41) is 10.8. The van der Waals surface area contributed by atoms with Gasteiger partial charge in [-0.1, -0.05) is 35.5 Å². The van der Waals surface area contributed by atoms with Crippen LogP contribution in [0.3, 0.4) is 0 Å². The molecule has 0 aliphatic heterocycles. The van der Waals surface area contributed by atoms with Crippen LogP contribution in [0.5, 0.6) is 0 Å². The van der Waals surface area contributed by atoms with Gasteiger partial charge in [0.15, 0.2) is 10.9 Å². The van der Waals surface area contributed by atoms with Crippen LogP contribution in [0.25, 0.3) is 21.7 Å². The van der Waals surface area contributed by atoms with E-state index in [9.17, 15) is 9.59 Å². The second-order valence-corrected chi connectivity index (χ2v) is 11.2. The van der Waals surface area contributed by atoms with E-state index in [1.807, 2.05) is 35.6 Å². The molecule has 5 aromatic rings. The van der Waals surface area contributed by atoms with Crippen LogP contribution in [0, 0.1) is 6.92 Å². The minimum Gasteiger partial charge on any atom is -0.293 e. The summed E-state index contributed by atoms with van der Waals surface area (Å²) in [5.41, 5.74) is 3.52. The van der Waals surface area contributed by atoms with Gasteiger partial charge in [-0.3, -0.25) is 9.59 Å². The average Bonchev–Trinajstić information content (AvgIpc) is 3.45. The van der Waals surface area contributed by atoms with Gasteiger partial charge in [0.05, 0.1) is 16.8 Å². The van der Waals surface area contributed by atoms with E-state index in [0.29, 0.717) is 21.5 Å². The minimum absolute atomic E-state index is 0.0165.